The average molecular weight is 364 g/mol. The zero-order valence-electron chi connectivity index (χ0n) is 14.4. The summed E-state index contributed by atoms with van der Waals surface area (Å²) >= 11 is 1.86. The van der Waals surface area contributed by atoms with Crippen LogP contribution in [0.3, 0.4) is 0 Å². The lowest BCUT2D eigenvalue weighted by Gasteiger charge is -2.30. The molecule has 0 bridgehead atoms. The zero-order chi connectivity index (χ0) is 17.3. The number of nitrogens with one attached hydrogen (secondary N) is 2. The Balaban J connectivity index is 1.44. The molecule has 2 aliphatic heterocycles. The van der Waals surface area contributed by atoms with E-state index in [-0.39, 0.29) is 0 Å². The van der Waals surface area contributed by atoms with Crippen LogP contribution in [0.15, 0.2) is 53.8 Å². The van der Waals surface area contributed by atoms with Gasteiger partial charge in [-0.1, -0.05) is 6.07 Å². The molecule has 6 nitrogen and oxygen atoms in total. The maximum Gasteiger partial charge on any atom is 0.135 e. The topological polar surface area (TPSA) is 60.1 Å². The van der Waals surface area contributed by atoms with Gasteiger partial charge in [-0.3, -0.25) is 5.10 Å². The van der Waals surface area contributed by atoms with Crippen molar-refractivity contribution in [1.29, 1.82) is 0 Å². The van der Waals surface area contributed by atoms with Gasteiger partial charge in [-0.15, -0.1) is 11.8 Å². The number of thioether (sulfide) groups is 1. The van der Waals surface area contributed by atoms with Crippen LogP contribution >= 0.6 is 11.8 Å². The van der Waals surface area contributed by atoms with E-state index in [4.69, 9.17) is 0 Å². The smallest absolute Gasteiger partial charge is 0.135 e. The number of hydrogen-bond acceptors (Lipinski definition) is 6. The number of nitrogens with zero attached hydrogens (tertiary/aromatic N) is 4. The summed E-state index contributed by atoms with van der Waals surface area (Å²) in [5.74, 6) is 1.91. The lowest BCUT2D eigenvalue weighted by molar-refractivity contribution is 0.589. The van der Waals surface area contributed by atoms with Crippen LogP contribution in [0.4, 0.5) is 17.2 Å². The molecule has 0 saturated carbocycles. The quantitative estimate of drug-likeness (QED) is 0.745. The second-order valence-electron chi connectivity index (χ2n) is 6.48. The maximum absolute atomic E-state index is 4.64. The molecule has 0 spiro atoms. The number of fused-ring (bicyclic) bond motifs is 1. The Labute approximate surface area is 156 Å². The van der Waals surface area contributed by atoms with E-state index < -0.39 is 0 Å². The van der Waals surface area contributed by atoms with Crippen LogP contribution in [-0.2, 0) is 0 Å². The van der Waals surface area contributed by atoms with E-state index in [1.54, 1.807) is 0 Å². The van der Waals surface area contributed by atoms with Crippen LogP contribution < -0.4 is 15.1 Å². The van der Waals surface area contributed by atoms with E-state index in [2.05, 4.69) is 60.6 Å². The summed E-state index contributed by atoms with van der Waals surface area (Å²) in [7, 11) is 0. The van der Waals surface area contributed by atoms with Crippen molar-refractivity contribution >= 4 is 29.0 Å². The standard InChI is InChI=1S/C19H20N6S/c1-2-17-18(9-14(1)15-11-22-23-12-15)26-13-25(17)19-10-16(3-4-21-19)24-7-5-20-6-8-24/h1-4,9-12,20H,5-8,13H2,(H,22,23). The number of hydrogen-bond donors (Lipinski definition) is 2. The van der Waals surface area contributed by atoms with Crippen molar-refractivity contribution in [2.24, 2.45) is 0 Å². The molecule has 1 aromatic carbocycles. The van der Waals surface area contributed by atoms with Crippen LogP contribution in [0.25, 0.3) is 11.1 Å². The van der Waals surface area contributed by atoms with Crippen LogP contribution in [0.5, 0.6) is 0 Å². The van der Waals surface area contributed by atoms with Crippen LogP contribution in [-0.4, -0.2) is 47.2 Å². The summed E-state index contributed by atoms with van der Waals surface area (Å²) < 4.78 is 0. The number of anilines is 3. The molecule has 0 aliphatic carbocycles. The molecule has 132 valence electrons. The summed E-state index contributed by atoms with van der Waals surface area (Å²) in [6, 6.07) is 10.9. The van der Waals surface area contributed by atoms with Gasteiger partial charge in [-0.25, -0.2) is 4.98 Å². The first-order chi connectivity index (χ1) is 12.9. The molecule has 26 heavy (non-hydrogen) atoms. The van der Waals surface area contributed by atoms with Gasteiger partial charge < -0.3 is 15.1 Å². The number of aromatic nitrogens is 3. The number of pyridine rings is 1. The van der Waals surface area contributed by atoms with Crippen molar-refractivity contribution in [2.45, 2.75) is 4.90 Å². The second-order valence-corrected chi connectivity index (χ2v) is 7.47. The summed E-state index contributed by atoms with van der Waals surface area (Å²) in [5, 5.41) is 10.3. The molecule has 2 aliphatic rings. The van der Waals surface area contributed by atoms with Crippen molar-refractivity contribution in [1.82, 2.24) is 20.5 Å². The average Bonchev–Trinajstić information content (AvgIpc) is 3.38. The minimum absolute atomic E-state index is 0.891. The molecule has 0 unspecified atom stereocenters. The third kappa shape index (κ3) is 2.83. The van der Waals surface area contributed by atoms with Gasteiger partial charge in [0.25, 0.3) is 0 Å². The normalized spacial score (nSPS) is 16.8. The molecule has 5 rings (SSSR count). The van der Waals surface area contributed by atoms with Crippen molar-refractivity contribution in [2.75, 3.05) is 41.9 Å². The molecule has 2 N–H and O–H groups in total. The summed E-state index contributed by atoms with van der Waals surface area (Å²) in [6.45, 7) is 4.17. The Bertz CT molecular complexity index is 904. The molecule has 2 aromatic heterocycles. The minimum atomic E-state index is 0.891. The third-order valence-corrected chi connectivity index (χ3v) is 5.94. The first-order valence-electron chi connectivity index (χ1n) is 8.84. The highest BCUT2D eigenvalue weighted by Gasteiger charge is 2.23. The van der Waals surface area contributed by atoms with E-state index >= 15 is 0 Å². The van der Waals surface area contributed by atoms with E-state index in [0.717, 1.165) is 43.4 Å². The van der Waals surface area contributed by atoms with Crippen LogP contribution in [0, 0.1) is 0 Å². The molecule has 4 heterocycles. The first-order valence-corrected chi connectivity index (χ1v) is 9.82. The summed E-state index contributed by atoms with van der Waals surface area (Å²) in [5.41, 5.74) is 4.79. The third-order valence-electron chi connectivity index (χ3n) is 4.92. The molecule has 1 fully saturated rings. The van der Waals surface area contributed by atoms with Crippen molar-refractivity contribution in [3.8, 4) is 11.1 Å². The molecule has 0 atom stereocenters. The largest absolute Gasteiger partial charge is 0.369 e. The van der Waals surface area contributed by atoms with Crippen molar-refractivity contribution < 1.29 is 0 Å². The zero-order valence-corrected chi connectivity index (χ0v) is 15.2. The van der Waals surface area contributed by atoms with E-state index in [9.17, 15) is 0 Å². The Morgan fingerprint density at radius 2 is 1.96 bits per heavy atom. The van der Waals surface area contributed by atoms with Gasteiger partial charge in [-0.05, 0) is 23.8 Å². The number of piperazine rings is 1. The maximum atomic E-state index is 4.64. The monoisotopic (exact) mass is 364 g/mol. The number of aromatic amines is 1. The highest BCUT2D eigenvalue weighted by atomic mass is 32.2. The highest BCUT2D eigenvalue weighted by Crippen LogP contribution is 2.44. The van der Waals surface area contributed by atoms with E-state index in [0.29, 0.717) is 0 Å². The Morgan fingerprint density at radius 1 is 1.04 bits per heavy atom. The van der Waals surface area contributed by atoms with E-state index in [1.165, 1.54) is 21.8 Å². The molecule has 3 aromatic rings. The van der Waals surface area contributed by atoms with Gasteiger partial charge in [0.05, 0.1) is 17.8 Å². The number of rotatable bonds is 3. The fourth-order valence-corrected chi connectivity index (χ4v) is 4.59. The number of benzene rings is 1. The second kappa shape index (κ2) is 6.66. The molecule has 7 heteroatoms. The first kappa shape index (κ1) is 15.7. The van der Waals surface area contributed by atoms with Gasteiger partial charge >= 0.3 is 0 Å². The predicted octanol–water partition coefficient (Wildman–Crippen LogP) is 3.08. The van der Waals surface area contributed by atoms with Gasteiger partial charge in [0.1, 0.15) is 5.82 Å². The fraction of sp³-hybridized carbons (Fsp3) is 0.263. The molecular formula is C19H20N6S. The Kier molecular flexibility index (Phi) is 4.03. The van der Waals surface area contributed by atoms with Gasteiger partial charge in [0.15, 0.2) is 0 Å². The van der Waals surface area contributed by atoms with Crippen LogP contribution in [0.1, 0.15) is 0 Å². The molecule has 1 saturated heterocycles. The van der Waals surface area contributed by atoms with Gasteiger partial charge in [0, 0.05) is 60.8 Å². The molecule has 0 amide bonds. The highest BCUT2D eigenvalue weighted by molar-refractivity contribution is 7.99. The van der Waals surface area contributed by atoms with Gasteiger partial charge in [-0.2, -0.15) is 5.10 Å². The summed E-state index contributed by atoms with van der Waals surface area (Å²) in [6.07, 6.45) is 5.71. The van der Waals surface area contributed by atoms with Crippen LogP contribution in [0.2, 0.25) is 0 Å². The SMILES string of the molecule is c1cc(N2CCNCC2)cc(N2CSc3cc(-c4cn[nH]c4)ccc32)n1. The lowest BCUT2D eigenvalue weighted by Crippen LogP contribution is -2.43. The Morgan fingerprint density at radius 3 is 2.81 bits per heavy atom. The predicted molar refractivity (Wildman–Crippen MR) is 106 cm³/mol. The molecular weight excluding hydrogens is 344 g/mol. The summed E-state index contributed by atoms with van der Waals surface area (Å²) in [4.78, 5) is 10.7. The van der Waals surface area contributed by atoms with Crippen molar-refractivity contribution in [3.63, 3.8) is 0 Å². The number of H-pyrrole nitrogens is 1. The minimum Gasteiger partial charge on any atom is -0.369 e. The fourth-order valence-electron chi connectivity index (χ4n) is 3.51. The van der Waals surface area contributed by atoms with Gasteiger partial charge in [0.2, 0.25) is 0 Å². The lowest BCUT2D eigenvalue weighted by atomic mass is 10.1. The Hall–Kier alpha value is -2.51. The molecule has 0 radical (unpaired) electrons. The van der Waals surface area contributed by atoms with Crippen molar-refractivity contribution in [3.05, 3.63) is 48.9 Å². The van der Waals surface area contributed by atoms with E-state index in [1.807, 2.05) is 30.4 Å².